The van der Waals surface area contributed by atoms with Crippen LogP contribution in [-0.2, 0) is 10.2 Å². The van der Waals surface area contributed by atoms with Gasteiger partial charge in [-0.05, 0) is 48.5 Å². The van der Waals surface area contributed by atoms with Crippen LogP contribution in [0, 0.1) is 0 Å². The van der Waals surface area contributed by atoms with Crippen molar-refractivity contribution < 1.29 is 14.3 Å². The maximum atomic E-state index is 12.8. The number of amides is 2. The molecule has 1 N–H and O–H groups in total. The van der Waals surface area contributed by atoms with E-state index in [1.807, 2.05) is 30.3 Å². The smallest absolute Gasteiger partial charge is 0.254 e. The lowest BCUT2D eigenvalue weighted by Crippen LogP contribution is -2.35. The average Bonchev–Trinajstić information content (AvgIpc) is 3.18. The quantitative estimate of drug-likeness (QED) is 0.593. The molecular formula is C24H27ClN4O3. The van der Waals surface area contributed by atoms with Gasteiger partial charge in [0.2, 0.25) is 5.91 Å². The number of nitrogens with zero attached hydrogens (tertiary/aromatic N) is 3. The van der Waals surface area contributed by atoms with Gasteiger partial charge in [-0.2, -0.15) is 5.10 Å². The minimum Gasteiger partial charge on any atom is -0.497 e. The van der Waals surface area contributed by atoms with E-state index in [2.05, 4.69) is 26.1 Å². The van der Waals surface area contributed by atoms with Gasteiger partial charge in [-0.25, -0.2) is 4.68 Å². The van der Waals surface area contributed by atoms with E-state index < -0.39 is 0 Å². The molecular weight excluding hydrogens is 428 g/mol. The van der Waals surface area contributed by atoms with E-state index in [1.165, 1.54) is 4.90 Å². The molecule has 0 aliphatic heterocycles. The molecule has 0 atom stereocenters. The molecule has 0 bridgehead atoms. The highest BCUT2D eigenvalue weighted by Crippen LogP contribution is 2.27. The van der Waals surface area contributed by atoms with Gasteiger partial charge in [0.25, 0.3) is 5.91 Å². The number of aromatic nitrogens is 2. The lowest BCUT2D eigenvalue weighted by atomic mass is 9.92. The second kappa shape index (κ2) is 9.44. The molecule has 7 nitrogen and oxygen atoms in total. The summed E-state index contributed by atoms with van der Waals surface area (Å²) in [5.74, 6) is 0.656. The number of rotatable bonds is 6. The second-order valence-corrected chi connectivity index (χ2v) is 8.93. The van der Waals surface area contributed by atoms with Gasteiger partial charge in [0, 0.05) is 29.1 Å². The van der Waals surface area contributed by atoms with Crippen molar-refractivity contribution in [2.24, 2.45) is 0 Å². The van der Waals surface area contributed by atoms with Crippen LogP contribution in [0.15, 0.2) is 54.6 Å². The van der Waals surface area contributed by atoms with Crippen LogP contribution in [0.3, 0.4) is 0 Å². The third-order valence-electron chi connectivity index (χ3n) is 4.88. The van der Waals surface area contributed by atoms with Crippen LogP contribution in [0.5, 0.6) is 5.75 Å². The minimum absolute atomic E-state index is 0.111. The fourth-order valence-corrected chi connectivity index (χ4v) is 3.17. The molecule has 0 unspecified atom stereocenters. The van der Waals surface area contributed by atoms with Crippen LogP contribution >= 0.6 is 11.6 Å². The number of anilines is 1. The zero-order chi connectivity index (χ0) is 23.5. The highest BCUT2D eigenvalue weighted by Gasteiger charge is 2.22. The maximum Gasteiger partial charge on any atom is 0.254 e. The van der Waals surface area contributed by atoms with Crippen LogP contribution in [0.2, 0.25) is 5.02 Å². The van der Waals surface area contributed by atoms with Gasteiger partial charge >= 0.3 is 0 Å². The fraction of sp³-hybridized carbons (Fsp3) is 0.292. The van der Waals surface area contributed by atoms with Crippen LogP contribution in [0.4, 0.5) is 5.82 Å². The number of carbonyl (C=O) groups is 2. The molecule has 0 saturated carbocycles. The molecule has 0 radical (unpaired) electrons. The van der Waals surface area contributed by atoms with E-state index >= 15 is 0 Å². The fourth-order valence-electron chi connectivity index (χ4n) is 3.04. The number of ether oxygens (including phenoxy) is 1. The van der Waals surface area contributed by atoms with Crippen molar-refractivity contribution in [3.8, 4) is 11.4 Å². The molecule has 32 heavy (non-hydrogen) atoms. The summed E-state index contributed by atoms with van der Waals surface area (Å²) in [6.45, 7) is 6.05. The Bertz CT molecular complexity index is 1100. The Morgan fingerprint density at radius 3 is 2.28 bits per heavy atom. The zero-order valence-corrected chi connectivity index (χ0v) is 19.6. The monoisotopic (exact) mass is 454 g/mol. The molecule has 2 amide bonds. The standard InChI is InChI=1S/C24H27ClN4O3/c1-24(2,3)20-14-21(29(27-20)18-10-12-19(32-5)13-11-18)26-22(30)15-28(4)23(31)16-6-8-17(25)9-7-16/h6-14H,15H2,1-5H3,(H,26,30). The number of nitrogens with one attached hydrogen (secondary N) is 1. The number of hydrogen-bond donors (Lipinski definition) is 1. The molecule has 0 spiro atoms. The molecule has 1 aromatic heterocycles. The van der Waals surface area contributed by atoms with Gasteiger partial charge in [0.15, 0.2) is 0 Å². The second-order valence-electron chi connectivity index (χ2n) is 8.49. The third-order valence-corrected chi connectivity index (χ3v) is 5.13. The predicted octanol–water partition coefficient (Wildman–Crippen LogP) is 4.54. The summed E-state index contributed by atoms with van der Waals surface area (Å²) in [4.78, 5) is 26.7. The lowest BCUT2D eigenvalue weighted by Gasteiger charge is -2.17. The first-order valence-electron chi connectivity index (χ1n) is 10.1. The van der Waals surface area contributed by atoms with Crippen LogP contribution in [0.1, 0.15) is 36.8 Å². The number of halogens is 1. The van der Waals surface area contributed by atoms with Crippen molar-refractivity contribution >= 4 is 29.2 Å². The number of hydrogen-bond acceptors (Lipinski definition) is 4. The Morgan fingerprint density at radius 2 is 1.72 bits per heavy atom. The summed E-state index contributed by atoms with van der Waals surface area (Å²) >= 11 is 5.88. The summed E-state index contributed by atoms with van der Waals surface area (Å²) in [6, 6.07) is 15.8. The Labute approximate surface area is 192 Å². The summed E-state index contributed by atoms with van der Waals surface area (Å²) in [7, 11) is 3.19. The number of likely N-dealkylation sites (N-methyl/N-ethyl adjacent to an activating group) is 1. The van der Waals surface area contributed by atoms with Crippen molar-refractivity contribution in [1.29, 1.82) is 0 Å². The van der Waals surface area contributed by atoms with Gasteiger partial charge in [0.1, 0.15) is 11.6 Å². The SMILES string of the molecule is COc1ccc(-n2nc(C(C)(C)C)cc2NC(=O)CN(C)C(=O)c2ccc(Cl)cc2)cc1. The highest BCUT2D eigenvalue weighted by atomic mass is 35.5. The summed E-state index contributed by atoms with van der Waals surface area (Å²) in [5.41, 5.74) is 1.86. The van der Waals surface area contributed by atoms with E-state index in [0.717, 1.165) is 17.1 Å². The van der Waals surface area contributed by atoms with Crippen molar-refractivity contribution in [3.63, 3.8) is 0 Å². The lowest BCUT2D eigenvalue weighted by molar-refractivity contribution is -0.116. The normalized spacial score (nSPS) is 11.2. The Morgan fingerprint density at radius 1 is 1.09 bits per heavy atom. The van der Waals surface area contributed by atoms with E-state index in [9.17, 15) is 9.59 Å². The van der Waals surface area contributed by atoms with Gasteiger partial charge in [-0.3, -0.25) is 9.59 Å². The Balaban J connectivity index is 1.80. The van der Waals surface area contributed by atoms with Crippen molar-refractivity contribution in [3.05, 3.63) is 70.9 Å². The summed E-state index contributed by atoms with van der Waals surface area (Å²) in [5, 5.41) is 8.13. The first-order valence-corrected chi connectivity index (χ1v) is 10.5. The number of benzene rings is 2. The molecule has 168 valence electrons. The first-order chi connectivity index (χ1) is 15.1. The van der Waals surface area contributed by atoms with Crippen LogP contribution in [0.25, 0.3) is 5.69 Å². The average molecular weight is 455 g/mol. The van der Waals surface area contributed by atoms with E-state index in [1.54, 1.807) is 43.1 Å². The third kappa shape index (κ3) is 5.48. The minimum atomic E-state index is -0.329. The predicted molar refractivity (Wildman–Crippen MR) is 126 cm³/mol. The molecule has 8 heteroatoms. The van der Waals surface area contributed by atoms with Crippen LogP contribution in [-0.4, -0.2) is 47.2 Å². The summed E-state index contributed by atoms with van der Waals surface area (Å²) in [6.07, 6.45) is 0. The van der Waals surface area contributed by atoms with Crippen LogP contribution < -0.4 is 10.1 Å². The van der Waals surface area contributed by atoms with Crippen molar-refractivity contribution in [1.82, 2.24) is 14.7 Å². The van der Waals surface area contributed by atoms with Gasteiger partial charge in [0.05, 0.1) is 25.0 Å². The first kappa shape index (κ1) is 23.3. The Hall–Kier alpha value is -3.32. The summed E-state index contributed by atoms with van der Waals surface area (Å²) < 4.78 is 6.90. The van der Waals surface area contributed by atoms with Crippen molar-refractivity contribution in [2.45, 2.75) is 26.2 Å². The van der Waals surface area contributed by atoms with E-state index in [0.29, 0.717) is 16.4 Å². The molecule has 2 aromatic carbocycles. The number of carbonyl (C=O) groups excluding carboxylic acids is 2. The highest BCUT2D eigenvalue weighted by molar-refractivity contribution is 6.30. The topological polar surface area (TPSA) is 76.5 Å². The largest absolute Gasteiger partial charge is 0.497 e. The molecule has 1 heterocycles. The van der Waals surface area contributed by atoms with E-state index in [4.69, 9.17) is 21.4 Å². The maximum absolute atomic E-state index is 12.8. The Kier molecular flexibility index (Phi) is 6.89. The molecule has 0 aliphatic rings. The van der Waals surface area contributed by atoms with Gasteiger partial charge in [-0.1, -0.05) is 32.4 Å². The van der Waals surface area contributed by atoms with Gasteiger partial charge in [-0.15, -0.1) is 0 Å². The molecule has 0 aliphatic carbocycles. The zero-order valence-electron chi connectivity index (χ0n) is 18.8. The van der Waals surface area contributed by atoms with Gasteiger partial charge < -0.3 is 15.0 Å². The number of methoxy groups -OCH3 is 1. The molecule has 3 aromatic rings. The molecule has 3 rings (SSSR count). The van der Waals surface area contributed by atoms with Crippen molar-refractivity contribution in [2.75, 3.05) is 26.0 Å². The molecule has 0 saturated heterocycles. The van der Waals surface area contributed by atoms with E-state index in [-0.39, 0.29) is 23.8 Å². The molecule has 0 fully saturated rings.